The van der Waals surface area contributed by atoms with Gasteiger partial charge in [0.2, 0.25) is 0 Å². The highest BCUT2D eigenvalue weighted by atomic mass is 32.2. The van der Waals surface area contributed by atoms with Crippen molar-refractivity contribution in [3.8, 4) is 6.07 Å². The quantitative estimate of drug-likeness (QED) is 0.881. The zero-order valence-electron chi connectivity index (χ0n) is 11.0. The van der Waals surface area contributed by atoms with Gasteiger partial charge in [0.1, 0.15) is 0 Å². The van der Waals surface area contributed by atoms with E-state index in [1.807, 2.05) is 35.7 Å². The van der Waals surface area contributed by atoms with Crippen molar-refractivity contribution in [2.75, 3.05) is 0 Å². The topological polar surface area (TPSA) is 66.9 Å². The second-order valence-corrected chi connectivity index (χ2v) is 6.81. The molecule has 0 spiro atoms. The zero-order chi connectivity index (χ0) is 14.8. The second kappa shape index (κ2) is 5.76. The lowest BCUT2D eigenvalue weighted by Crippen LogP contribution is -2.22. The molecule has 1 aliphatic heterocycles. The monoisotopic (exact) mass is 312 g/mol. The Hall–Kier alpha value is -2.03. The SMILES string of the molecule is N#CC1=C(N)SC(C(=O)c2ccccc2)C1c1cccs1. The molecule has 0 radical (unpaired) electrons. The largest absolute Gasteiger partial charge is 0.393 e. The van der Waals surface area contributed by atoms with Crippen LogP contribution in [0, 0.1) is 11.3 Å². The van der Waals surface area contributed by atoms with Crippen molar-refractivity contribution >= 4 is 28.9 Å². The first kappa shape index (κ1) is 13.9. The first-order valence-corrected chi connectivity index (χ1v) is 8.17. The van der Waals surface area contributed by atoms with Crippen molar-refractivity contribution in [2.24, 2.45) is 5.73 Å². The molecule has 3 rings (SSSR count). The van der Waals surface area contributed by atoms with E-state index in [0.717, 1.165) is 4.88 Å². The van der Waals surface area contributed by atoms with Crippen LogP contribution in [0.2, 0.25) is 0 Å². The lowest BCUT2D eigenvalue weighted by molar-refractivity contribution is 0.0986. The Morgan fingerprint density at radius 2 is 1.95 bits per heavy atom. The number of carbonyl (C=O) groups excluding carboxylic acids is 1. The van der Waals surface area contributed by atoms with E-state index in [9.17, 15) is 10.1 Å². The number of rotatable bonds is 3. The number of nitrogens with two attached hydrogens (primary N) is 1. The fourth-order valence-electron chi connectivity index (χ4n) is 2.43. The summed E-state index contributed by atoms with van der Waals surface area (Å²) < 4.78 is 0. The predicted octanol–water partition coefficient (Wildman–Crippen LogP) is 3.52. The number of ketones is 1. The predicted molar refractivity (Wildman–Crippen MR) is 86.0 cm³/mol. The van der Waals surface area contributed by atoms with Crippen LogP contribution >= 0.6 is 23.1 Å². The third-order valence-corrected chi connectivity index (χ3v) is 5.59. The number of Topliss-reactive ketones (excluding diaryl/α,β-unsaturated/α-hetero) is 1. The van der Waals surface area contributed by atoms with Gasteiger partial charge in [-0.15, -0.1) is 11.3 Å². The molecule has 0 bridgehead atoms. The number of allylic oxidation sites excluding steroid dienone is 1. The van der Waals surface area contributed by atoms with Gasteiger partial charge in [0.25, 0.3) is 0 Å². The molecule has 2 aromatic rings. The summed E-state index contributed by atoms with van der Waals surface area (Å²) >= 11 is 2.85. The van der Waals surface area contributed by atoms with Crippen LogP contribution in [0.15, 0.2) is 58.4 Å². The van der Waals surface area contributed by atoms with Crippen LogP contribution in [0.5, 0.6) is 0 Å². The molecule has 0 fully saturated rings. The summed E-state index contributed by atoms with van der Waals surface area (Å²) in [6.45, 7) is 0. The molecule has 5 heteroatoms. The van der Waals surface area contributed by atoms with E-state index in [-0.39, 0.29) is 17.0 Å². The molecule has 2 heterocycles. The molecule has 2 unspecified atom stereocenters. The maximum atomic E-state index is 12.8. The number of nitrogens with zero attached hydrogens (tertiary/aromatic N) is 1. The van der Waals surface area contributed by atoms with Crippen molar-refractivity contribution < 1.29 is 4.79 Å². The minimum Gasteiger partial charge on any atom is -0.393 e. The van der Waals surface area contributed by atoms with E-state index in [2.05, 4.69) is 6.07 Å². The number of hydrogen-bond donors (Lipinski definition) is 1. The van der Waals surface area contributed by atoms with Gasteiger partial charge < -0.3 is 5.73 Å². The molecular formula is C16H12N2OS2. The van der Waals surface area contributed by atoms with Crippen molar-refractivity contribution in [1.82, 2.24) is 0 Å². The van der Waals surface area contributed by atoms with Gasteiger partial charge in [0.15, 0.2) is 5.78 Å². The molecule has 3 nitrogen and oxygen atoms in total. The van der Waals surface area contributed by atoms with E-state index in [1.54, 1.807) is 23.5 Å². The minimum atomic E-state index is -0.360. The number of thiophene rings is 1. The molecule has 2 N–H and O–H groups in total. The highest BCUT2D eigenvalue weighted by Crippen LogP contribution is 2.47. The average Bonchev–Trinajstić information content (AvgIpc) is 3.14. The van der Waals surface area contributed by atoms with Crippen LogP contribution in [-0.4, -0.2) is 11.0 Å². The number of carbonyl (C=O) groups is 1. The first-order chi connectivity index (χ1) is 10.2. The van der Waals surface area contributed by atoms with Crippen LogP contribution in [0.4, 0.5) is 0 Å². The van der Waals surface area contributed by atoms with Gasteiger partial charge >= 0.3 is 0 Å². The van der Waals surface area contributed by atoms with Gasteiger partial charge in [-0.3, -0.25) is 4.79 Å². The van der Waals surface area contributed by atoms with Gasteiger partial charge in [0.05, 0.1) is 27.8 Å². The molecule has 0 aliphatic carbocycles. The summed E-state index contributed by atoms with van der Waals surface area (Å²) in [5.41, 5.74) is 7.13. The van der Waals surface area contributed by atoms with Gasteiger partial charge in [0, 0.05) is 10.4 Å². The molecular weight excluding hydrogens is 300 g/mol. The van der Waals surface area contributed by atoms with E-state index in [4.69, 9.17) is 5.73 Å². The standard InChI is InChI=1S/C16H12N2OS2/c17-9-11-13(12-7-4-8-20-12)15(21-16(11)18)14(19)10-5-2-1-3-6-10/h1-8,13,15H,18H2. The van der Waals surface area contributed by atoms with Crippen LogP contribution in [0.3, 0.4) is 0 Å². The Labute approximate surface area is 131 Å². The molecule has 1 aromatic heterocycles. The lowest BCUT2D eigenvalue weighted by atomic mass is 9.91. The molecule has 1 aliphatic rings. The van der Waals surface area contributed by atoms with Crippen LogP contribution in [0.1, 0.15) is 21.2 Å². The van der Waals surface area contributed by atoms with Crippen molar-refractivity contribution in [1.29, 1.82) is 5.26 Å². The highest BCUT2D eigenvalue weighted by Gasteiger charge is 2.41. The summed E-state index contributed by atoms with van der Waals surface area (Å²) in [5, 5.41) is 11.4. The third kappa shape index (κ3) is 2.48. The molecule has 0 amide bonds. The summed E-state index contributed by atoms with van der Waals surface area (Å²) in [7, 11) is 0. The zero-order valence-corrected chi connectivity index (χ0v) is 12.7. The Balaban J connectivity index is 2.00. The lowest BCUT2D eigenvalue weighted by Gasteiger charge is -2.17. The van der Waals surface area contributed by atoms with E-state index < -0.39 is 0 Å². The molecule has 21 heavy (non-hydrogen) atoms. The van der Waals surface area contributed by atoms with Crippen LogP contribution in [0.25, 0.3) is 0 Å². The molecule has 104 valence electrons. The van der Waals surface area contributed by atoms with Crippen molar-refractivity contribution in [3.63, 3.8) is 0 Å². The second-order valence-electron chi connectivity index (χ2n) is 4.65. The maximum Gasteiger partial charge on any atom is 0.177 e. The summed E-state index contributed by atoms with van der Waals surface area (Å²) in [5.74, 6) is -0.222. The fraction of sp³-hybridized carbons (Fsp3) is 0.125. The third-order valence-electron chi connectivity index (χ3n) is 3.42. The fourth-order valence-corrected chi connectivity index (χ4v) is 4.62. The van der Waals surface area contributed by atoms with E-state index in [0.29, 0.717) is 16.2 Å². The van der Waals surface area contributed by atoms with Gasteiger partial charge in [-0.1, -0.05) is 48.2 Å². The Kier molecular flexibility index (Phi) is 3.82. The maximum absolute atomic E-state index is 12.8. The molecule has 0 saturated heterocycles. The van der Waals surface area contributed by atoms with Gasteiger partial charge in [-0.25, -0.2) is 0 Å². The van der Waals surface area contributed by atoms with Crippen molar-refractivity contribution in [2.45, 2.75) is 11.2 Å². The number of thioether (sulfide) groups is 1. The Morgan fingerprint density at radius 1 is 1.19 bits per heavy atom. The Bertz CT molecular complexity index is 729. The van der Waals surface area contributed by atoms with Crippen LogP contribution in [-0.2, 0) is 0 Å². The van der Waals surface area contributed by atoms with Gasteiger partial charge in [-0.2, -0.15) is 5.26 Å². The number of nitriles is 1. The van der Waals surface area contributed by atoms with Crippen LogP contribution < -0.4 is 5.73 Å². The van der Waals surface area contributed by atoms with E-state index >= 15 is 0 Å². The molecule has 2 atom stereocenters. The summed E-state index contributed by atoms with van der Waals surface area (Å²) in [6, 6.07) is 15.2. The molecule has 1 aromatic carbocycles. The van der Waals surface area contributed by atoms with Crippen molar-refractivity contribution in [3.05, 3.63) is 68.9 Å². The minimum absolute atomic E-state index is 0.0206. The highest BCUT2D eigenvalue weighted by molar-refractivity contribution is 8.04. The summed E-state index contributed by atoms with van der Waals surface area (Å²) in [4.78, 5) is 13.8. The smallest absolute Gasteiger partial charge is 0.177 e. The van der Waals surface area contributed by atoms with Gasteiger partial charge in [-0.05, 0) is 11.4 Å². The normalized spacial score (nSPS) is 21.3. The van der Waals surface area contributed by atoms with E-state index in [1.165, 1.54) is 11.8 Å². The summed E-state index contributed by atoms with van der Waals surface area (Å²) in [6.07, 6.45) is 0. The average molecular weight is 312 g/mol. The number of hydrogen-bond acceptors (Lipinski definition) is 5. The number of benzene rings is 1. The molecule has 0 saturated carbocycles. The first-order valence-electron chi connectivity index (χ1n) is 6.41. The Morgan fingerprint density at radius 3 is 2.57 bits per heavy atom.